The molecule has 0 fully saturated rings. The molecule has 0 radical (unpaired) electrons. The smallest absolute Gasteiger partial charge is 0.257 e. The van der Waals surface area contributed by atoms with E-state index in [0.717, 1.165) is 33.6 Å². The minimum absolute atomic E-state index is 0.0851. The molecule has 3 aromatic carbocycles. The molecule has 0 atom stereocenters. The Labute approximate surface area is 180 Å². The van der Waals surface area contributed by atoms with Crippen LogP contribution >= 0.6 is 11.8 Å². The summed E-state index contributed by atoms with van der Waals surface area (Å²) in [5, 5.41) is 3.48. The van der Waals surface area contributed by atoms with Crippen LogP contribution in [0.15, 0.2) is 88.5 Å². The maximum Gasteiger partial charge on any atom is 0.257 e. The first-order valence-electron chi connectivity index (χ1n) is 9.72. The first-order valence-corrected chi connectivity index (χ1v) is 10.7. The number of anilines is 1. The molecule has 0 aliphatic rings. The maximum absolute atomic E-state index is 12.5. The number of hydrogen-bond donors (Lipinski definition) is 1. The molecule has 1 amide bonds. The van der Waals surface area contributed by atoms with Gasteiger partial charge in [-0.25, -0.2) is 4.98 Å². The van der Waals surface area contributed by atoms with E-state index in [2.05, 4.69) is 10.3 Å². The Balaban J connectivity index is 1.55. The molecular weight excluding hydrogens is 392 g/mol. The Morgan fingerprint density at radius 1 is 0.867 bits per heavy atom. The minimum atomic E-state index is -0.0851. The van der Waals surface area contributed by atoms with E-state index in [1.165, 1.54) is 11.8 Å². The number of oxazole rings is 1. The summed E-state index contributed by atoms with van der Waals surface area (Å²) in [6.07, 6.45) is 0. The fourth-order valence-electron chi connectivity index (χ4n) is 3.25. The van der Waals surface area contributed by atoms with E-state index in [1.54, 1.807) is 0 Å². The average Bonchev–Trinajstić information content (AvgIpc) is 3.21. The van der Waals surface area contributed by atoms with E-state index < -0.39 is 0 Å². The summed E-state index contributed by atoms with van der Waals surface area (Å²) in [7, 11) is 0. The number of carbonyl (C=O) groups is 1. The third-order valence-corrected chi connectivity index (χ3v) is 5.59. The van der Waals surface area contributed by atoms with Crippen molar-refractivity contribution in [2.24, 2.45) is 0 Å². The van der Waals surface area contributed by atoms with E-state index in [0.29, 0.717) is 11.0 Å². The Morgan fingerprint density at radius 2 is 1.47 bits per heavy atom. The lowest BCUT2D eigenvalue weighted by Gasteiger charge is -2.10. The highest BCUT2D eigenvalue weighted by molar-refractivity contribution is 7.99. The van der Waals surface area contributed by atoms with E-state index >= 15 is 0 Å². The lowest BCUT2D eigenvalue weighted by atomic mass is 10.1. The van der Waals surface area contributed by atoms with Crippen LogP contribution in [-0.4, -0.2) is 16.6 Å². The van der Waals surface area contributed by atoms with Crippen LogP contribution in [0.1, 0.15) is 11.1 Å². The van der Waals surface area contributed by atoms with Gasteiger partial charge in [-0.3, -0.25) is 4.79 Å². The van der Waals surface area contributed by atoms with E-state index in [4.69, 9.17) is 4.42 Å². The number of benzene rings is 3. The number of aromatic nitrogens is 1. The van der Waals surface area contributed by atoms with Gasteiger partial charge in [0.1, 0.15) is 5.69 Å². The number of carbonyl (C=O) groups excluding carboxylic acids is 1. The molecule has 30 heavy (non-hydrogen) atoms. The average molecular weight is 415 g/mol. The molecule has 1 heterocycles. The molecule has 0 unspecified atom stereocenters. The second kappa shape index (κ2) is 9.01. The zero-order valence-electron chi connectivity index (χ0n) is 16.9. The first-order chi connectivity index (χ1) is 14.6. The van der Waals surface area contributed by atoms with Gasteiger partial charge < -0.3 is 9.73 Å². The summed E-state index contributed by atoms with van der Waals surface area (Å²) in [5.41, 5.74) is 5.66. The van der Waals surface area contributed by atoms with Crippen molar-refractivity contribution in [1.82, 2.24) is 4.98 Å². The SMILES string of the molecule is Cc1cccc(C)c1NC(=O)CSc1nc(-c2ccccc2)c(-c2ccccc2)o1. The van der Waals surface area contributed by atoms with E-state index in [9.17, 15) is 4.79 Å². The molecular formula is C25H22N2O2S. The molecule has 150 valence electrons. The van der Waals surface area contributed by atoms with Crippen LogP contribution in [0.2, 0.25) is 0 Å². The summed E-state index contributed by atoms with van der Waals surface area (Å²) in [4.78, 5) is 17.2. The van der Waals surface area contributed by atoms with Gasteiger partial charge in [0.05, 0.1) is 5.75 Å². The molecule has 0 saturated heterocycles. The Morgan fingerprint density at radius 3 is 2.10 bits per heavy atom. The van der Waals surface area contributed by atoms with Crippen LogP contribution in [0.3, 0.4) is 0 Å². The zero-order valence-corrected chi connectivity index (χ0v) is 17.7. The largest absolute Gasteiger partial charge is 0.431 e. The second-order valence-corrected chi connectivity index (χ2v) is 7.92. The summed E-state index contributed by atoms with van der Waals surface area (Å²) in [6, 6.07) is 25.8. The summed E-state index contributed by atoms with van der Waals surface area (Å²) >= 11 is 1.29. The summed E-state index contributed by atoms with van der Waals surface area (Å²) in [5.74, 6) is 0.842. The number of rotatable bonds is 6. The molecule has 1 N–H and O–H groups in total. The lowest BCUT2D eigenvalue weighted by Crippen LogP contribution is -2.15. The molecule has 4 rings (SSSR count). The number of aryl methyl sites for hydroxylation is 2. The number of amides is 1. The van der Waals surface area contributed by atoms with Crippen molar-refractivity contribution >= 4 is 23.4 Å². The van der Waals surface area contributed by atoms with Gasteiger partial charge in [0, 0.05) is 16.8 Å². The molecule has 0 bridgehead atoms. The fourth-order valence-corrected chi connectivity index (χ4v) is 3.88. The van der Waals surface area contributed by atoms with Gasteiger partial charge >= 0.3 is 0 Å². The molecule has 4 nitrogen and oxygen atoms in total. The first kappa shape index (κ1) is 20.0. The third kappa shape index (κ3) is 4.47. The topological polar surface area (TPSA) is 55.1 Å². The van der Waals surface area contributed by atoms with Crippen LogP contribution < -0.4 is 5.32 Å². The van der Waals surface area contributed by atoms with Crippen molar-refractivity contribution in [3.05, 3.63) is 90.0 Å². The van der Waals surface area contributed by atoms with Crippen molar-refractivity contribution in [3.8, 4) is 22.6 Å². The number of nitrogens with one attached hydrogen (secondary N) is 1. The van der Waals surface area contributed by atoms with Gasteiger partial charge in [-0.15, -0.1) is 0 Å². The Hall–Kier alpha value is -3.31. The lowest BCUT2D eigenvalue weighted by molar-refractivity contribution is -0.113. The van der Waals surface area contributed by atoms with Crippen molar-refractivity contribution in [2.75, 3.05) is 11.1 Å². The molecule has 1 aromatic heterocycles. The standard InChI is InChI=1S/C25H22N2O2S/c1-17-10-9-11-18(2)22(17)26-21(28)16-30-25-27-23(19-12-5-3-6-13-19)24(29-25)20-14-7-4-8-15-20/h3-15H,16H2,1-2H3,(H,26,28). The molecule has 0 saturated carbocycles. The normalized spacial score (nSPS) is 10.7. The van der Waals surface area contributed by atoms with E-state index in [1.807, 2.05) is 92.7 Å². The van der Waals surface area contributed by atoms with Crippen molar-refractivity contribution in [1.29, 1.82) is 0 Å². The van der Waals surface area contributed by atoms with Crippen molar-refractivity contribution in [2.45, 2.75) is 19.1 Å². The van der Waals surface area contributed by atoms with Crippen molar-refractivity contribution in [3.63, 3.8) is 0 Å². The molecule has 0 aliphatic heterocycles. The predicted octanol–water partition coefficient (Wildman–Crippen LogP) is 6.36. The van der Waals surface area contributed by atoms with E-state index in [-0.39, 0.29) is 11.7 Å². The van der Waals surface area contributed by atoms with Gasteiger partial charge in [-0.2, -0.15) is 0 Å². The van der Waals surface area contributed by atoms with Gasteiger partial charge in [0.25, 0.3) is 5.22 Å². The second-order valence-electron chi connectivity index (χ2n) is 6.99. The Kier molecular flexibility index (Phi) is 6.00. The van der Waals surface area contributed by atoms with Gasteiger partial charge in [-0.05, 0) is 25.0 Å². The number of thioether (sulfide) groups is 1. The number of hydrogen-bond acceptors (Lipinski definition) is 4. The van der Waals surface area contributed by atoms with Crippen molar-refractivity contribution < 1.29 is 9.21 Å². The van der Waals surface area contributed by atoms with Gasteiger partial charge in [0.2, 0.25) is 5.91 Å². The highest BCUT2D eigenvalue weighted by atomic mass is 32.2. The predicted molar refractivity (Wildman–Crippen MR) is 123 cm³/mol. The summed E-state index contributed by atoms with van der Waals surface area (Å²) in [6.45, 7) is 3.98. The quantitative estimate of drug-likeness (QED) is 0.373. The van der Waals surface area contributed by atoms with Gasteiger partial charge in [-0.1, -0.05) is 90.6 Å². The summed E-state index contributed by atoms with van der Waals surface area (Å²) < 4.78 is 6.08. The highest BCUT2D eigenvalue weighted by Crippen LogP contribution is 2.35. The fraction of sp³-hybridized carbons (Fsp3) is 0.120. The van der Waals surface area contributed by atoms with Crippen LogP contribution in [0.5, 0.6) is 0 Å². The molecule has 5 heteroatoms. The molecule has 0 aliphatic carbocycles. The van der Waals surface area contributed by atoms with Crippen LogP contribution in [-0.2, 0) is 4.79 Å². The monoisotopic (exact) mass is 414 g/mol. The van der Waals surface area contributed by atoms with Gasteiger partial charge in [0.15, 0.2) is 5.76 Å². The third-order valence-electron chi connectivity index (χ3n) is 4.76. The highest BCUT2D eigenvalue weighted by Gasteiger charge is 2.18. The molecule has 0 spiro atoms. The number of para-hydroxylation sites is 1. The van der Waals surface area contributed by atoms with Crippen LogP contribution in [0.25, 0.3) is 22.6 Å². The maximum atomic E-state index is 12.5. The zero-order chi connectivity index (χ0) is 20.9. The van der Waals surface area contributed by atoms with Crippen LogP contribution in [0.4, 0.5) is 5.69 Å². The molecule has 4 aromatic rings. The number of nitrogens with zero attached hydrogens (tertiary/aromatic N) is 1. The minimum Gasteiger partial charge on any atom is -0.431 e. The van der Waals surface area contributed by atoms with Crippen LogP contribution in [0, 0.1) is 13.8 Å². The Bertz CT molecular complexity index is 1080.